The van der Waals surface area contributed by atoms with Crippen LogP contribution >= 0.6 is 0 Å². The molecule has 2 aliphatic rings. The van der Waals surface area contributed by atoms with Gasteiger partial charge in [0.25, 0.3) is 0 Å². The van der Waals surface area contributed by atoms with E-state index in [-0.39, 0.29) is 17.1 Å². The molecule has 1 amide bonds. The van der Waals surface area contributed by atoms with Crippen molar-refractivity contribution in [2.24, 2.45) is 0 Å². The molecule has 7 nitrogen and oxygen atoms in total. The average Bonchev–Trinajstić information content (AvgIpc) is 3.44. The molecule has 4 rings (SSSR count). The number of hydrogen-bond acceptors (Lipinski definition) is 6. The van der Waals surface area contributed by atoms with Gasteiger partial charge in [-0.1, -0.05) is 57.5 Å². The number of nitrogens with zero attached hydrogens (tertiary/aromatic N) is 1. The molecule has 1 unspecified atom stereocenters. The lowest BCUT2D eigenvalue weighted by molar-refractivity contribution is -0.123. The second-order valence-electron chi connectivity index (χ2n) is 11.8. The molecule has 2 aromatic rings. The van der Waals surface area contributed by atoms with Crippen molar-refractivity contribution in [3.05, 3.63) is 59.2 Å². The Morgan fingerprint density at radius 2 is 1.59 bits per heavy atom. The lowest BCUT2D eigenvalue weighted by Crippen LogP contribution is -2.46. The zero-order chi connectivity index (χ0) is 27.8. The smallest absolute Gasteiger partial charge is 0.220 e. The Balaban J connectivity index is 1.25. The van der Waals surface area contributed by atoms with E-state index >= 15 is 0 Å². The van der Waals surface area contributed by atoms with Crippen molar-refractivity contribution in [1.29, 1.82) is 0 Å². The van der Waals surface area contributed by atoms with Crippen molar-refractivity contribution < 1.29 is 24.2 Å². The van der Waals surface area contributed by atoms with Crippen LogP contribution < -0.4 is 14.8 Å². The molecule has 0 bridgehead atoms. The fourth-order valence-electron chi connectivity index (χ4n) is 5.27. The first-order valence-corrected chi connectivity index (χ1v) is 14.4. The monoisotopic (exact) mass is 536 g/mol. The normalized spacial score (nSPS) is 17.0. The van der Waals surface area contributed by atoms with Crippen LogP contribution in [0.1, 0.15) is 93.3 Å². The number of amides is 1. The lowest BCUT2D eigenvalue weighted by atomic mass is 9.86. The van der Waals surface area contributed by atoms with Crippen molar-refractivity contribution in [3.63, 3.8) is 0 Å². The van der Waals surface area contributed by atoms with Crippen molar-refractivity contribution in [1.82, 2.24) is 10.2 Å². The van der Waals surface area contributed by atoms with Crippen LogP contribution in [-0.4, -0.2) is 60.6 Å². The van der Waals surface area contributed by atoms with Gasteiger partial charge in [-0.05, 0) is 67.4 Å². The Morgan fingerprint density at radius 3 is 2.28 bits per heavy atom. The molecule has 7 heteroatoms. The number of rotatable bonds is 12. The van der Waals surface area contributed by atoms with Crippen LogP contribution in [0.2, 0.25) is 0 Å². The number of Topliss-reactive ketones (excluding diaryl/α,β-unsaturated/α-hetero) is 1. The standard InChI is InChI=1S/C32H44N2O5/c1-32(2,3)25-14-11-23(12-15-25)27(35)9-5-4-6-10-30(36)33-26(22-34-17-7-8-18-34)31(37)24-13-16-28-29(21-24)39-20-19-38-28/h11-16,21,26,31,37H,4-10,17-20,22H2,1-3H3,(H,33,36)/t26-,31?/m1/s1. The van der Waals surface area contributed by atoms with Gasteiger partial charge >= 0.3 is 0 Å². The third kappa shape index (κ3) is 8.29. The minimum Gasteiger partial charge on any atom is -0.486 e. The summed E-state index contributed by atoms with van der Waals surface area (Å²) in [5.74, 6) is 1.38. The molecule has 1 fully saturated rings. The van der Waals surface area contributed by atoms with E-state index in [0.717, 1.165) is 44.3 Å². The minimum absolute atomic E-state index is 0.0651. The molecule has 1 saturated heterocycles. The highest BCUT2D eigenvalue weighted by Gasteiger charge is 2.27. The summed E-state index contributed by atoms with van der Waals surface area (Å²) < 4.78 is 11.3. The molecule has 39 heavy (non-hydrogen) atoms. The molecule has 2 aliphatic heterocycles. The number of unbranched alkanes of at least 4 members (excludes halogenated alkanes) is 2. The predicted molar refractivity (Wildman–Crippen MR) is 153 cm³/mol. The van der Waals surface area contributed by atoms with Gasteiger partial charge in [0.05, 0.1) is 6.04 Å². The number of ketones is 1. The van der Waals surface area contributed by atoms with Crippen LogP contribution in [0.4, 0.5) is 0 Å². The van der Waals surface area contributed by atoms with Crippen molar-refractivity contribution in [2.75, 3.05) is 32.8 Å². The summed E-state index contributed by atoms with van der Waals surface area (Å²) in [5, 5.41) is 14.4. The van der Waals surface area contributed by atoms with E-state index in [1.54, 1.807) is 0 Å². The lowest BCUT2D eigenvalue weighted by Gasteiger charge is -2.29. The van der Waals surface area contributed by atoms with Gasteiger partial charge in [0.2, 0.25) is 5.91 Å². The maximum Gasteiger partial charge on any atom is 0.220 e. The molecule has 2 atom stereocenters. The number of aliphatic hydroxyl groups is 1. The summed E-state index contributed by atoms with van der Waals surface area (Å²) in [4.78, 5) is 27.8. The number of fused-ring (bicyclic) bond motifs is 1. The number of hydrogen-bond donors (Lipinski definition) is 2. The molecule has 0 aliphatic carbocycles. The zero-order valence-corrected chi connectivity index (χ0v) is 23.7. The first-order chi connectivity index (χ1) is 18.7. The van der Waals surface area contributed by atoms with Crippen LogP contribution in [0.25, 0.3) is 0 Å². The second kappa shape index (κ2) is 13.4. The summed E-state index contributed by atoms with van der Waals surface area (Å²) in [6, 6.07) is 13.0. The number of carbonyl (C=O) groups is 2. The van der Waals surface area contributed by atoms with Gasteiger partial charge < -0.3 is 24.8 Å². The Hall–Kier alpha value is -2.90. The highest BCUT2D eigenvalue weighted by molar-refractivity contribution is 5.96. The molecule has 0 saturated carbocycles. The van der Waals surface area contributed by atoms with E-state index in [9.17, 15) is 14.7 Å². The number of nitrogens with one attached hydrogen (secondary N) is 1. The van der Waals surface area contributed by atoms with E-state index < -0.39 is 12.1 Å². The number of aliphatic hydroxyl groups excluding tert-OH is 1. The van der Waals surface area contributed by atoms with E-state index in [1.807, 2.05) is 42.5 Å². The summed E-state index contributed by atoms with van der Waals surface area (Å²) in [7, 11) is 0. The fraction of sp³-hybridized carbons (Fsp3) is 0.562. The minimum atomic E-state index is -0.854. The Morgan fingerprint density at radius 1 is 0.923 bits per heavy atom. The van der Waals surface area contributed by atoms with Crippen LogP contribution in [0.15, 0.2) is 42.5 Å². The van der Waals surface area contributed by atoms with Gasteiger partial charge in [0.1, 0.15) is 19.3 Å². The second-order valence-corrected chi connectivity index (χ2v) is 11.8. The molecule has 0 aromatic heterocycles. The molecule has 0 radical (unpaired) electrons. The van der Waals surface area contributed by atoms with E-state index in [0.29, 0.717) is 56.1 Å². The third-order valence-electron chi connectivity index (χ3n) is 7.67. The summed E-state index contributed by atoms with van der Waals surface area (Å²) in [6.07, 6.45) is 4.55. The van der Waals surface area contributed by atoms with Crippen molar-refractivity contribution in [2.45, 2.75) is 83.3 Å². The molecule has 0 spiro atoms. The first-order valence-electron chi connectivity index (χ1n) is 14.4. The van der Waals surface area contributed by atoms with Crippen molar-refractivity contribution >= 4 is 11.7 Å². The molecule has 212 valence electrons. The molecular formula is C32H44N2O5. The quantitative estimate of drug-likeness (QED) is 0.286. The van der Waals surface area contributed by atoms with Crippen LogP contribution in [-0.2, 0) is 10.2 Å². The van der Waals surface area contributed by atoms with Gasteiger partial charge in [-0.15, -0.1) is 0 Å². The molecule has 2 N–H and O–H groups in total. The fourth-order valence-corrected chi connectivity index (χ4v) is 5.27. The zero-order valence-electron chi connectivity index (χ0n) is 23.7. The Bertz CT molecular complexity index is 1100. The van der Waals surface area contributed by atoms with Crippen LogP contribution in [0, 0.1) is 0 Å². The van der Waals surface area contributed by atoms with Crippen molar-refractivity contribution in [3.8, 4) is 11.5 Å². The maximum atomic E-state index is 12.9. The SMILES string of the molecule is CC(C)(C)c1ccc(C(=O)CCCCCC(=O)N[C@H](CN2CCCC2)C(O)c2ccc3c(c2)OCCO3)cc1. The van der Waals surface area contributed by atoms with Crippen LogP contribution in [0.3, 0.4) is 0 Å². The maximum absolute atomic E-state index is 12.9. The average molecular weight is 537 g/mol. The number of carbonyl (C=O) groups excluding carboxylic acids is 2. The van der Waals surface area contributed by atoms with Gasteiger partial charge in [0, 0.05) is 24.9 Å². The van der Waals surface area contributed by atoms with Gasteiger partial charge in [0.15, 0.2) is 17.3 Å². The summed E-state index contributed by atoms with van der Waals surface area (Å²) in [5.41, 5.74) is 2.74. The first kappa shape index (κ1) is 29.1. The van der Waals surface area contributed by atoms with E-state index in [1.165, 1.54) is 5.56 Å². The predicted octanol–water partition coefficient (Wildman–Crippen LogP) is 5.20. The number of likely N-dealkylation sites (tertiary alicyclic amines) is 1. The summed E-state index contributed by atoms with van der Waals surface area (Å²) in [6.45, 7) is 10.0. The summed E-state index contributed by atoms with van der Waals surface area (Å²) >= 11 is 0. The van der Waals surface area contributed by atoms with Gasteiger partial charge in [-0.2, -0.15) is 0 Å². The van der Waals surface area contributed by atoms with Crippen LogP contribution in [0.5, 0.6) is 11.5 Å². The molecule has 2 heterocycles. The Kier molecular flexibility index (Phi) is 10.0. The van der Waals surface area contributed by atoms with Gasteiger partial charge in [-0.3, -0.25) is 9.59 Å². The number of benzene rings is 2. The number of ether oxygens (including phenoxy) is 2. The van der Waals surface area contributed by atoms with E-state index in [2.05, 4.69) is 31.0 Å². The highest BCUT2D eigenvalue weighted by atomic mass is 16.6. The van der Waals surface area contributed by atoms with E-state index in [4.69, 9.17) is 9.47 Å². The molecule has 2 aromatic carbocycles. The highest BCUT2D eigenvalue weighted by Crippen LogP contribution is 2.33. The third-order valence-corrected chi connectivity index (χ3v) is 7.67. The van der Waals surface area contributed by atoms with Gasteiger partial charge in [-0.25, -0.2) is 0 Å². The molecular weight excluding hydrogens is 492 g/mol. The Labute approximate surface area is 232 Å². The topological polar surface area (TPSA) is 88.1 Å². The largest absolute Gasteiger partial charge is 0.486 e.